The topological polar surface area (TPSA) is 64.0 Å². The third-order valence-electron chi connectivity index (χ3n) is 4.54. The molecule has 1 N–H and O–H groups in total. The summed E-state index contributed by atoms with van der Waals surface area (Å²) >= 11 is 3.04. The number of fused-ring (bicyclic) bond motifs is 3. The van der Waals surface area contributed by atoms with Gasteiger partial charge in [-0.05, 0) is 44.1 Å². The van der Waals surface area contributed by atoms with Gasteiger partial charge in [-0.2, -0.15) is 0 Å². The molecule has 1 aliphatic carbocycles. The van der Waals surface area contributed by atoms with E-state index in [2.05, 4.69) is 19.2 Å². The monoisotopic (exact) mass is 393 g/mol. The van der Waals surface area contributed by atoms with E-state index in [-0.39, 0.29) is 16.7 Å². The van der Waals surface area contributed by atoms with Gasteiger partial charge in [0.25, 0.3) is 5.56 Å². The van der Waals surface area contributed by atoms with Crippen LogP contribution in [0.4, 0.5) is 0 Å². The maximum atomic E-state index is 13.2. The zero-order chi connectivity index (χ0) is 18.8. The molecule has 1 aliphatic rings. The number of rotatable bonds is 7. The molecule has 0 saturated heterocycles. The predicted octanol–water partition coefficient (Wildman–Crippen LogP) is 3.61. The largest absolute Gasteiger partial charge is 0.355 e. The van der Waals surface area contributed by atoms with Crippen molar-refractivity contribution >= 4 is 39.2 Å². The van der Waals surface area contributed by atoms with Crippen LogP contribution in [-0.2, 0) is 24.2 Å². The van der Waals surface area contributed by atoms with Gasteiger partial charge in [-0.1, -0.05) is 32.5 Å². The summed E-state index contributed by atoms with van der Waals surface area (Å²) in [5, 5.41) is 4.12. The molecule has 2 aromatic heterocycles. The first-order valence-corrected chi connectivity index (χ1v) is 11.1. The second-order valence-corrected chi connectivity index (χ2v) is 9.68. The van der Waals surface area contributed by atoms with Crippen molar-refractivity contribution in [1.82, 2.24) is 14.9 Å². The Labute approximate surface area is 162 Å². The summed E-state index contributed by atoms with van der Waals surface area (Å²) in [4.78, 5) is 32.5. The number of amides is 1. The molecule has 3 rings (SSSR count). The molecule has 2 heterocycles. The molecule has 0 fully saturated rings. The fourth-order valence-electron chi connectivity index (χ4n) is 3.28. The molecule has 2 aromatic rings. The number of aryl methyl sites for hydroxylation is 2. The molecule has 1 amide bonds. The van der Waals surface area contributed by atoms with Gasteiger partial charge in [0, 0.05) is 18.0 Å². The van der Waals surface area contributed by atoms with Crippen molar-refractivity contribution in [2.45, 2.75) is 70.3 Å². The lowest BCUT2D eigenvalue weighted by Gasteiger charge is -2.17. The Morgan fingerprint density at radius 3 is 2.81 bits per heavy atom. The molecule has 142 valence electrons. The Morgan fingerprint density at radius 1 is 1.35 bits per heavy atom. The third-order valence-corrected chi connectivity index (χ3v) is 6.81. The van der Waals surface area contributed by atoms with Gasteiger partial charge < -0.3 is 5.32 Å². The minimum Gasteiger partial charge on any atom is -0.355 e. The first-order chi connectivity index (χ1) is 12.4. The van der Waals surface area contributed by atoms with Crippen LogP contribution in [0, 0.1) is 5.92 Å². The summed E-state index contributed by atoms with van der Waals surface area (Å²) in [7, 11) is 0. The minimum atomic E-state index is -0.281. The van der Waals surface area contributed by atoms with E-state index in [1.54, 1.807) is 15.9 Å². The van der Waals surface area contributed by atoms with Crippen molar-refractivity contribution in [3.8, 4) is 0 Å². The molecular formula is C19H27N3O2S2. The summed E-state index contributed by atoms with van der Waals surface area (Å²) in [6, 6.07) is 0. The van der Waals surface area contributed by atoms with Crippen molar-refractivity contribution < 1.29 is 4.79 Å². The molecule has 7 heteroatoms. The smallest absolute Gasteiger partial charge is 0.263 e. The number of thioether (sulfide) groups is 1. The number of carbonyl (C=O) groups excluding carboxylic acids is 1. The number of hydrogen-bond acceptors (Lipinski definition) is 5. The number of carbonyl (C=O) groups is 1. The number of thiophene rings is 1. The zero-order valence-electron chi connectivity index (χ0n) is 15.9. The third kappa shape index (κ3) is 3.83. The van der Waals surface area contributed by atoms with Crippen molar-refractivity contribution in [3.05, 3.63) is 20.8 Å². The normalized spacial score (nSPS) is 14.8. The van der Waals surface area contributed by atoms with E-state index in [0.29, 0.717) is 24.2 Å². The van der Waals surface area contributed by atoms with Crippen LogP contribution < -0.4 is 10.9 Å². The highest BCUT2D eigenvalue weighted by Crippen LogP contribution is 2.36. The zero-order valence-corrected chi connectivity index (χ0v) is 17.6. The Bertz CT molecular complexity index is 870. The molecule has 0 bridgehead atoms. The minimum absolute atomic E-state index is 0.00373. The highest BCUT2D eigenvalue weighted by atomic mass is 32.2. The van der Waals surface area contributed by atoms with E-state index in [9.17, 15) is 9.59 Å². The Balaban J connectivity index is 2.00. The molecule has 0 unspecified atom stereocenters. The van der Waals surface area contributed by atoms with Gasteiger partial charge in [0.1, 0.15) is 4.83 Å². The van der Waals surface area contributed by atoms with E-state index in [4.69, 9.17) is 4.98 Å². The number of hydrogen-bond donors (Lipinski definition) is 1. The average Bonchev–Trinajstić information content (AvgIpc) is 3.16. The van der Waals surface area contributed by atoms with Gasteiger partial charge in [0.05, 0.1) is 10.6 Å². The van der Waals surface area contributed by atoms with Crippen LogP contribution in [-0.4, -0.2) is 27.3 Å². The quantitative estimate of drug-likeness (QED) is 0.576. The first-order valence-electron chi connectivity index (χ1n) is 9.41. The summed E-state index contributed by atoms with van der Waals surface area (Å²) in [6.45, 7) is 9.40. The Kier molecular flexibility index (Phi) is 6.07. The number of nitrogens with one attached hydrogen (secondary N) is 1. The summed E-state index contributed by atoms with van der Waals surface area (Å²) in [6.07, 6.45) is 4.08. The SMILES string of the molecule is CCCNC(=O)[C@H](C)Sc1nc2sc3c(c2c(=O)n1CC(C)C)CCC3. The molecule has 0 saturated carbocycles. The van der Waals surface area contributed by atoms with Crippen LogP contribution in [0.25, 0.3) is 10.2 Å². The highest BCUT2D eigenvalue weighted by molar-refractivity contribution is 8.00. The van der Waals surface area contributed by atoms with E-state index in [1.807, 2.05) is 13.8 Å². The lowest BCUT2D eigenvalue weighted by molar-refractivity contribution is -0.120. The summed E-state index contributed by atoms with van der Waals surface area (Å²) < 4.78 is 1.78. The predicted molar refractivity (Wildman–Crippen MR) is 109 cm³/mol. The lowest BCUT2D eigenvalue weighted by atomic mass is 10.2. The van der Waals surface area contributed by atoms with Crippen LogP contribution in [0.2, 0.25) is 0 Å². The van der Waals surface area contributed by atoms with Gasteiger partial charge in [-0.15, -0.1) is 11.3 Å². The molecule has 0 spiro atoms. The van der Waals surface area contributed by atoms with E-state index in [0.717, 1.165) is 35.9 Å². The molecule has 0 radical (unpaired) electrons. The fraction of sp³-hybridized carbons (Fsp3) is 0.632. The molecule has 1 atom stereocenters. The Hall–Kier alpha value is -1.34. The van der Waals surface area contributed by atoms with Gasteiger partial charge in [-0.25, -0.2) is 4.98 Å². The summed E-state index contributed by atoms with van der Waals surface area (Å²) in [5.41, 5.74) is 1.28. The van der Waals surface area contributed by atoms with Gasteiger partial charge >= 0.3 is 0 Å². The maximum Gasteiger partial charge on any atom is 0.263 e. The standard InChI is InChI=1S/C19H27N3O2S2/c1-5-9-20-16(23)12(4)25-19-21-17-15(13-7-6-8-14(13)26-17)18(24)22(19)10-11(2)3/h11-12H,5-10H2,1-4H3,(H,20,23)/t12-/m0/s1. The van der Waals surface area contributed by atoms with Crippen LogP contribution >= 0.6 is 23.1 Å². The van der Waals surface area contributed by atoms with Crippen LogP contribution in [0.1, 0.15) is 51.0 Å². The van der Waals surface area contributed by atoms with E-state index >= 15 is 0 Å². The maximum absolute atomic E-state index is 13.2. The van der Waals surface area contributed by atoms with E-state index < -0.39 is 0 Å². The van der Waals surface area contributed by atoms with Crippen LogP contribution in [0.5, 0.6) is 0 Å². The van der Waals surface area contributed by atoms with E-state index in [1.165, 1.54) is 22.2 Å². The summed E-state index contributed by atoms with van der Waals surface area (Å²) in [5.74, 6) is 0.332. The fourth-order valence-corrected chi connectivity index (χ4v) is 5.52. The average molecular weight is 394 g/mol. The van der Waals surface area contributed by atoms with Gasteiger partial charge in [0.2, 0.25) is 5.91 Å². The second kappa shape index (κ2) is 8.13. The molecule has 0 aromatic carbocycles. The molecule has 26 heavy (non-hydrogen) atoms. The van der Waals surface area contributed by atoms with Gasteiger partial charge in [0.15, 0.2) is 5.16 Å². The van der Waals surface area contributed by atoms with Crippen LogP contribution in [0.3, 0.4) is 0 Å². The number of aromatic nitrogens is 2. The number of nitrogens with zero attached hydrogens (tertiary/aromatic N) is 2. The van der Waals surface area contributed by atoms with Crippen molar-refractivity contribution in [3.63, 3.8) is 0 Å². The lowest BCUT2D eigenvalue weighted by Crippen LogP contribution is -2.32. The highest BCUT2D eigenvalue weighted by Gasteiger charge is 2.25. The molecule has 0 aliphatic heterocycles. The second-order valence-electron chi connectivity index (χ2n) is 7.29. The first kappa shape index (κ1) is 19.4. The van der Waals surface area contributed by atoms with Crippen LogP contribution in [0.15, 0.2) is 9.95 Å². The molecule has 5 nitrogen and oxygen atoms in total. The van der Waals surface area contributed by atoms with Crippen molar-refractivity contribution in [2.75, 3.05) is 6.54 Å². The molecular weight excluding hydrogens is 366 g/mol. The van der Waals surface area contributed by atoms with Crippen molar-refractivity contribution in [2.24, 2.45) is 5.92 Å². The van der Waals surface area contributed by atoms with Gasteiger partial charge in [-0.3, -0.25) is 14.2 Å². The Morgan fingerprint density at radius 2 is 2.12 bits per heavy atom. The van der Waals surface area contributed by atoms with Crippen molar-refractivity contribution in [1.29, 1.82) is 0 Å².